The summed E-state index contributed by atoms with van der Waals surface area (Å²) in [6.45, 7) is 2.36. The van der Waals surface area contributed by atoms with Gasteiger partial charge in [-0.1, -0.05) is 12.1 Å². The maximum atomic E-state index is 11.8. The van der Waals surface area contributed by atoms with Crippen LogP contribution in [0.3, 0.4) is 0 Å². The highest BCUT2D eigenvalue weighted by Crippen LogP contribution is 2.19. The Kier molecular flexibility index (Phi) is 3.10. The normalized spacial score (nSPS) is 17.7. The van der Waals surface area contributed by atoms with Crippen molar-refractivity contribution in [3.63, 3.8) is 0 Å². The van der Waals surface area contributed by atoms with E-state index in [4.69, 9.17) is 22.7 Å². The van der Waals surface area contributed by atoms with E-state index < -0.39 is 0 Å². The van der Waals surface area contributed by atoms with Crippen LogP contribution in [-0.4, -0.2) is 22.5 Å². The second-order valence-corrected chi connectivity index (χ2v) is 3.94. The van der Waals surface area contributed by atoms with Crippen molar-refractivity contribution in [2.45, 2.75) is 6.92 Å². The topological polar surface area (TPSA) is 55.6 Å². The molecule has 2 rings (SSSR count). The van der Waals surface area contributed by atoms with Gasteiger partial charge in [-0.25, -0.2) is 0 Å². The third kappa shape index (κ3) is 2.29. The lowest BCUT2D eigenvalue weighted by Crippen LogP contribution is -2.27. The van der Waals surface area contributed by atoms with Crippen molar-refractivity contribution >= 4 is 35.1 Å². The van der Waals surface area contributed by atoms with Gasteiger partial charge in [0.1, 0.15) is 0 Å². The third-order valence-electron chi connectivity index (χ3n) is 2.42. The first-order chi connectivity index (χ1) is 8.11. The molecule has 1 heterocycles. The number of benzene rings is 1. The van der Waals surface area contributed by atoms with Crippen molar-refractivity contribution in [1.82, 2.24) is 4.90 Å². The average Bonchev–Trinajstić information content (AvgIpc) is 2.57. The van der Waals surface area contributed by atoms with E-state index in [1.165, 1.54) is 4.90 Å². The minimum absolute atomic E-state index is 0.200. The monoisotopic (exact) mass is 248 g/mol. The van der Waals surface area contributed by atoms with Gasteiger partial charge in [0, 0.05) is 12.2 Å². The van der Waals surface area contributed by atoms with Crippen LogP contribution in [0.4, 0.5) is 5.69 Å². The van der Waals surface area contributed by atoms with E-state index in [-0.39, 0.29) is 16.8 Å². The molecule has 1 saturated heterocycles. The van der Waals surface area contributed by atoms with Crippen molar-refractivity contribution in [3.8, 4) is 0 Å². The van der Waals surface area contributed by atoms with Gasteiger partial charge in [0.2, 0.25) is 0 Å². The maximum absolute atomic E-state index is 11.8. The summed E-state index contributed by atoms with van der Waals surface area (Å²) in [7, 11) is 0. The molecule has 88 valence electrons. The highest BCUT2D eigenvalue weighted by Gasteiger charge is 2.31. The molecule has 0 radical (unpaired) electrons. The molecule has 1 aromatic carbocycles. The number of hydrogen-bond donors (Lipinski definition) is 1. The van der Waals surface area contributed by atoms with Crippen LogP contribution < -0.4 is 5.73 Å². The molecule has 0 unspecified atom stereocenters. The van der Waals surface area contributed by atoms with Crippen molar-refractivity contribution in [1.29, 1.82) is 0 Å². The van der Waals surface area contributed by atoms with Crippen LogP contribution in [0.25, 0.3) is 6.08 Å². The molecule has 0 atom stereocenters. The van der Waals surface area contributed by atoms with Crippen LogP contribution >= 0.6 is 12.2 Å². The predicted octanol–water partition coefficient (Wildman–Crippen LogP) is 1.77. The Morgan fingerprint density at radius 3 is 2.59 bits per heavy atom. The van der Waals surface area contributed by atoms with Gasteiger partial charge in [-0.05, 0) is 42.9 Å². The molecule has 2 N–H and O–H groups in total. The van der Waals surface area contributed by atoms with Gasteiger partial charge in [0.15, 0.2) is 5.76 Å². The van der Waals surface area contributed by atoms with Crippen LogP contribution in [0.2, 0.25) is 0 Å². The summed E-state index contributed by atoms with van der Waals surface area (Å²) in [6, 6.07) is 7.16. The summed E-state index contributed by atoms with van der Waals surface area (Å²) < 4.78 is 5.25. The van der Waals surface area contributed by atoms with Gasteiger partial charge < -0.3 is 10.5 Å². The van der Waals surface area contributed by atoms with E-state index in [9.17, 15) is 4.79 Å². The number of rotatable bonds is 2. The summed E-state index contributed by atoms with van der Waals surface area (Å²) in [5.41, 5.74) is 7.11. The summed E-state index contributed by atoms with van der Waals surface area (Å²) in [4.78, 5) is 13.3. The number of likely N-dealkylation sites (N-methyl/N-ethyl adjacent to an activating group) is 1. The van der Waals surface area contributed by atoms with Gasteiger partial charge in [-0.2, -0.15) is 0 Å². The number of nitrogens with two attached hydrogens (primary N) is 1. The number of amides is 1. The Morgan fingerprint density at radius 1 is 1.41 bits per heavy atom. The number of thiocarbonyl (C=S) groups is 1. The first kappa shape index (κ1) is 11.6. The first-order valence-electron chi connectivity index (χ1n) is 5.22. The van der Waals surface area contributed by atoms with Gasteiger partial charge >= 0.3 is 0 Å². The van der Waals surface area contributed by atoms with Crippen LogP contribution in [0.15, 0.2) is 30.0 Å². The van der Waals surface area contributed by atoms with Gasteiger partial charge in [0.25, 0.3) is 11.1 Å². The van der Waals surface area contributed by atoms with E-state index in [0.29, 0.717) is 12.2 Å². The third-order valence-corrected chi connectivity index (χ3v) is 2.73. The summed E-state index contributed by atoms with van der Waals surface area (Å²) in [5.74, 6) is 0.0518. The molecule has 0 aromatic heterocycles. The second-order valence-electron chi connectivity index (χ2n) is 3.59. The van der Waals surface area contributed by atoms with Crippen molar-refractivity contribution in [2.75, 3.05) is 12.3 Å². The van der Waals surface area contributed by atoms with Gasteiger partial charge in [0.05, 0.1) is 0 Å². The fraction of sp³-hybridized carbons (Fsp3) is 0.167. The van der Waals surface area contributed by atoms with E-state index >= 15 is 0 Å². The summed E-state index contributed by atoms with van der Waals surface area (Å²) in [5, 5.41) is 0.208. The Morgan fingerprint density at radius 2 is 2.06 bits per heavy atom. The molecular weight excluding hydrogens is 236 g/mol. The van der Waals surface area contributed by atoms with E-state index in [1.807, 2.05) is 19.1 Å². The zero-order chi connectivity index (χ0) is 12.4. The molecule has 1 fully saturated rings. The Balaban J connectivity index is 2.27. The number of carbonyl (C=O) groups is 1. The highest BCUT2D eigenvalue weighted by molar-refractivity contribution is 7.80. The SMILES string of the molecule is CCN1C(=O)/C(=C\c2ccc(N)cc2)OC1=S. The van der Waals surface area contributed by atoms with Crippen LogP contribution in [-0.2, 0) is 9.53 Å². The molecule has 0 bridgehead atoms. The molecule has 1 aromatic rings. The number of anilines is 1. The molecule has 17 heavy (non-hydrogen) atoms. The van der Waals surface area contributed by atoms with Crippen LogP contribution in [0.1, 0.15) is 12.5 Å². The lowest BCUT2D eigenvalue weighted by Gasteiger charge is -2.06. The summed E-state index contributed by atoms with van der Waals surface area (Å²) >= 11 is 4.95. The molecule has 0 saturated carbocycles. The van der Waals surface area contributed by atoms with E-state index in [2.05, 4.69) is 0 Å². The molecular formula is C12H12N2O2S. The Hall–Kier alpha value is -1.88. The fourth-order valence-corrected chi connectivity index (χ4v) is 1.82. The standard InChI is InChI=1S/C12H12N2O2S/c1-2-14-11(15)10(16-12(14)17)7-8-3-5-9(13)6-4-8/h3-7H,2,13H2,1H3/b10-7+. The minimum atomic E-state index is -0.200. The first-order valence-corrected chi connectivity index (χ1v) is 5.63. The molecule has 5 heteroatoms. The smallest absolute Gasteiger partial charge is 0.297 e. The van der Waals surface area contributed by atoms with Crippen molar-refractivity contribution in [3.05, 3.63) is 35.6 Å². The fourth-order valence-electron chi connectivity index (χ4n) is 1.52. The number of nitrogen functional groups attached to an aromatic ring is 1. The Bertz CT molecular complexity index is 494. The quantitative estimate of drug-likeness (QED) is 0.492. The lowest BCUT2D eigenvalue weighted by atomic mass is 10.2. The van der Waals surface area contributed by atoms with Crippen LogP contribution in [0.5, 0.6) is 0 Å². The molecule has 1 amide bonds. The molecule has 1 aliphatic rings. The molecule has 0 aliphatic carbocycles. The van der Waals surface area contributed by atoms with E-state index in [1.54, 1.807) is 18.2 Å². The minimum Gasteiger partial charge on any atom is -0.426 e. The summed E-state index contributed by atoms with van der Waals surface area (Å²) in [6.07, 6.45) is 1.66. The largest absolute Gasteiger partial charge is 0.426 e. The van der Waals surface area contributed by atoms with E-state index in [0.717, 1.165) is 5.56 Å². The van der Waals surface area contributed by atoms with Gasteiger partial charge in [-0.15, -0.1) is 0 Å². The number of ether oxygens (including phenoxy) is 1. The highest BCUT2D eigenvalue weighted by atomic mass is 32.1. The lowest BCUT2D eigenvalue weighted by molar-refractivity contribution is -0.122. The zero-order valence-corrected chi connectivity index (χ0v) is 10.2. The average molecular weight is 248 g/mol. The molecule has 4 nitrogen and oxygen atoms in total. The van der Waals surface area contributed by atoms with Crippen molar-refractivity contribution < 1.29 is 9.53 Å². The second kappa shape index (κ2) is 4.55. The Labute approximate surface area is 105 Å². The van der Waals surface area contributed by atoms with Crippen molar-refractivity contribution in [2.24, 2.45) is 0 Å². The predicted molar refractivity (Wildman–Crippen MR) is 69.9 cm³/mol. The number of hydrogen-bond acceptors (Lipinski definition) is 4. The van der Waals surface area contributed by atoms with Gasteiger partial charge in [-0.3, -0.25) is 9.69 Å². The number of carbonyl (C=O) groups excluding carboxylic acids is 1. The van der Waals surface area contributed by atoms with Crippen LogP contribution in [0, 0.1) is 0 Å². The number of nitrogens with zero attached hydrogens (tertiary/aromatic N) is 1. The zero-order valence-electron chi connectivity index (χ0n) is 9.34. The molecule has 1 aliphatic heterocycles. The molecule has 0 spiro atoms. The maximum Gasteiger partial charge on any atom is 0.297 e.